The summed E-state index contributed by atoms with van der Waals surface area (Å²) in [5.41, 5.74) is 0.594. The molecule has 0 heterocycles. The van der Waals surface area contributed by atoms with Gasteiger partial charge in [-0.05, 0) is 44.9 Å². The summed E-state index contributed by atoms with van der Waals surface area (Å²) in [5, 5.41) is 5.39. The minimum atomic E-state index is -0.342. The van der Waals surface area contributed by atoms with Gasteiger partial charge in [0.1, 0.15) is 12.2 Å². The van der Waals surface area contributed by atoms with Gasteiger partial charge in [-0.2, -0.15) is 0 Å². The van der Waals surface area contributed by atoms with E-state index >= 15 is 0 Å². The lowest BCUT2D eigenvalue weighted by atomic mass is 10.1. The molecule has 1 aromatic rings. The fraction of sp³-hybridized carbons (Fsp3) is 0.467. The first-order chi connectivity index (χ1) is 9.26. The lowest BCUT2D eigenvalue weighted by molar-refractivity contribution is -0.130. The van der Waals surface area contributed by atoms with E-state index in [-0.39, 0.29) is 29.6 Å². The molecule has 1 aromatic carbocycles. The van der Waals surface area contributed by atoms with Gasteiger partial charge >= 0.3 is 0 Å². The van der Waals surface area contributed by atoms with Crippen LogP contribution in [0.1, 0.15) is 32.8 Å². The molecule has 0 aliphatic carbocycles. The number of amides is 2. The lowest BCUT2D eigenvalue weighted by Crippen LogP contribution is -2.42. The van der Waals surface area contributed by atoms with Crippen LogP contribution in [-0.4, -0.2) is 23.9 Å². The van der Waals surface area contributed by atoms with Crippen LogP contribution in [0.15, 0.2) is 24.3 Å². The van der Waals surface area contributed by atoms with Crippen LogP contribution >= 0.6 is 0 Å². The third kappa shape index (κ3) is 6.87. The number of halogens is 1. The van der Waals surface area contributed by atoms with Crippen LogP contribution in [0.5, 0.6) is 0 Å². The molecular weight excluding hydrogens is 259 g/mol. The molecule has 0 saturated carbocycles. The second-order valence-corrected chi connectivity index (χ2v) is 5.70. The highest BCUT2D eigenvalue weighted by molar-refractivity contribution is 5.97. The summed E-state index contributed by atoms with van der Waals surface area (Å²) >= 11 is 0. The van der Waals surface area contributed by atoms with Crippen molar-refractivity contribution in [2.75, 3.05) is 6.54 Å². The van der Waals surface area contributed by atoms with Crippen LogP contribution in [0.2, 0.25) is 0 Å². The average Bonchev–Trinajstić information content (AvgIpc) is 2.29. The van der Waals surface area contributed by atoms with Crippen LogP contribution in [0.4, 0.5) is 4.39 Å². The molecule has 20 heavy (non-hydrogen) atoms. The van der Waals surface area contributed by atoms with Gasteiger partial charge in [-0.15, -0.1) is 0 Å². The highest BCUT2D eigenvalue weighted by Gasteiger charge is 2.16. The zero-order chi connectivity index (χ0) is 15.2. The molecular formula is C15H21FN2O2. The largest absolute Gasteiger partial charge is 0.355 e. The van der Waals surface area contributed by atoms with Gasteiger partial charge < -0.3 is 10.6 Å². The van der Waals surface area contributed by atoms with Crippen LogP contribution in [0.3, 0.4) is 0 Å². The van der Waals surface area contributed by atoms with Crippen LogP contribution in [0, 0.1) is 5.82 Å². The number of benzene rings is 1. The molecule has 5 heteroatoms. The molecule has 0 saturated heterocycles. The van der Waals surface area contributed by atoms with E-state index in [0.717, 1.165) is 5.56 Å². The van der Waals surface area contributed by atoms with Crippen molar-refractivity contribution in [2.24, 2.45) is 0 Å². The van der Waals surface area contributed by atoms with Crippen molar-refractivity contribution in [3.8, 4) is 0 Å². The predicted molar refractivity (Wildman–Crippen MR) is 75.6 cm³/mol. The number of hydrogen-bond donors (Lipinski definition) is 2. The maximum absolute atomic E-state index is 12.7. The van der Waals surface area contributed by atoms with Crippen LogP contribution in [-0.2, 0) is 16.0 Å². The highest BCUT2D eigenvalue weighted by Crippen LogP contribution is 2.03. The molecule has 2 amide bonds. The number of carbonyl (C=O) groups excluding carboxylic acids is 2. The van der Waals surface area contributed by atoms with Gasteiger partial charge in [-0.3, -0.25) is 9.59 Å². The molecule has 0 bridgehead atoms. The zero-order valence-electron chi connectivity index (χ0n) is 12.1. The third-order valence-electron chi connectivity index (χ3n) is 2.48. The number of carbonyl (C=O) groups is 2. The minimum absolute atomic E-state index is 0.180. The molecule has 0 aliphatic rings. The van der Waals surface area contributed by atoms with E-state index in [9.17, 15) is 14.0 Å². The smallest absolute Gasteiger partial charge is 0.229 e. The van der Waals surface area contributed by atoms with Gasteiger partial charge in [0.05, 0.1) is 0 Å². The Morgan fingerprint density at radius 3 is 2.25 bits per heavy atom. The molecule has 0 fully saturated rings. The number of hydrogen-bond acceptors (Lipinski definition) is 2. The van der Waals surface area contributed by atoms with E-state index in [1.807, 2.05) is 20.8 Å². The molecule has 0 radical (unpaired) electrons. The van der Waals surface area contributed by atoms with Gasteiger partial charge in [0.25, 0.3) is 0 Å². The van der Waals surface area contributed by atoms with E-state index in [0.29, 0.717) is 13.0 Å². The average molecular weight is 280 g/mol. The normalized spacial score (nSPS) is 11.0. The van der Waals surface area contributed by atoms with Crippen LogP contribution in [0.25, 0.3) is 0 Å². The van der Waals surface area contributed by atoms with E-state index in [2.05, 4.69) is 10.6 Å². The van der Waals surface area contributed by atoms with Crippen molar-refractivity contribution in [3.05, 3.63) is 35.6 Å². The Bertz CT molecular complexity index is 464. The van der Waals surface area contributed by atoms with Crippen molar-refractivity contribution in [1.82, 2.24) is 10.6 Å². The van der Waals surface area contributed by atoms with Gasteiger partial charge in [-0.1, -0.05) is 12.1 Å². The monoisotopic (exact) mass is 280 g/mol. The quantitative estimate of drug-likeness (QED) is 0.808. The molecule has 0 aromatic heterocycles. The summed E-state index contributed by atoms with van der Waals surface area (Å²) in [5.74, 6) is -0.887. The fourth-order valence-electron chi connectivity index (χ4n) is 1.67. The summed E-state index contributed by atoms with van der Waals surface area (Å²) in [6.45, 7) is 6.00. The van der Waals surface area contributed by atoms with Gasteiger partial charge in [0, 0.05) is 12.1 Å². The van der Waals surface area contributed by atoms with Crippen molar-refractivity contribution < 1.29 is 14.0 Å². The van der Waals surface area contributed by atoms with Crippen molar-refractivity contribution >= 4 is 11.8 Å². The first-order valence-electron chi connectivity index (χ1n) is 6.58. The summed E-state index contributed by atoms with van der Waals surface area (Å²) < 4.78 is 12.7. The van der Waals surface area contributed by atoms with E-state index in [4.69, 9.17) is 0 Å². The van der Waals surface area contributed by atoms with Gasteiger partial charge in [0.15, 0.2) is 0 Å². The second kappa shape index (κ2) is 7.03. The molecule has 110 valence electrons. The lowest BCUT2D eigenvalue weighted by Gasteiger charge is -2.20. The van der Waals surface area contributed by atoms with Crippen molar-refractivity contribution in [2.45, 2.75) is 39.2 Å². The molecule has 0 atom stereocenters. The molecule has 0 unspecified atom stereocenters. The maximum atomic E-state index is 12.7. The Hall–Kier alpha value is -1.91. The van der Waals surface area contributed by atoms with Crippen molar-refractivity contribution in [1.29, 1.82) is 0 Å². The first kappa shape index (κ1) is 16.1. The Labute approximate surface area is 118 Å². The summed E-state index contributed by atoms with van der Waals surface area (Å²) in [4.78, 5) is 23.1. The first-order valence-corrected chi connectivity index (χ1v) is 6.58. The number of rotatable bonds is 5. The molecule has 2 N–H and O–H groups in total. The standard InChI is InChI=1S/C15H21FN2O2/c1-15(2,3)18-14(20)10-13(19)17-9-8-11-4-6-12(16)7-5-11/h4-7H,8-10H2,1-3H3,(H,17,19)(H,18,20). The second-order valence-electron chi connectivity index (χ2n) is 5.70. The van der Waals surface area contributed by atoms with Gasteiger partial charge in [-0.25, -0.2) is 4.39 Å². The Balaban J connectivity index is 2.26. The molecule has 0 spiro atoms. The third-order valence-corrected chi connectivity index (χ3v) is 2.48. The fourth-order valence-corrected chi connectivity index (χ4v) is 1.67. The maximum Gasteiger partial charge on any atom is 0.229 e. The molecule has 4 nitrogen and oxygen atoms in total. The molecule has 1 rings (SSSR count). The van der Waals surface area contributed by atoms with E-state index in [1.165, 1.54) is 12.1 Å². The van der Waals surface area contributed by atoms with E-state index in [1.54, 1.807) is 12.1 Å². The number of nitrogens with one attached hydrogen (secondary N) is 2. The van der Waals surface area contributed by atoms with Crippen molar-refractivity contribution in [3.63, 3.8) is 0 Å². The van der Waals surface area contributed by atoms with Gasteiger partial charge in [0.2, 0.25) is 11.8 Å². The molecule has 0 aliphatic heterocycles. The summed E-state index contributed by atoms with van der Waals surface area (Å²) in [7, 11) is 0. The van der Waals surface area contributed by atoms with Crippen LogP contribution < -0.4 is 10.6 Å². The Morgan fingerprint density at radius 2 is 1.70 bits per heavy atom. The SMILES string of the molecule is CC(C)(C)NC(=O)CC(=O)NCCc1ccc(F)cc1. The minimum Gasteiger partial charge on any atom is -0.355 e. The predicted octanol–water partition coefficient (Wildman–Crippen LogP) is 1.79. The Kier molecular flexibility index (Phi) is 5.67. The summed E-state index contributed by atoms with van der Waals surface area (Å²) in [6.07, 6.45) is 0.424. The Morgan fingerprint density at radius 1 is 1.10 bits per heavy atom. The topological polar surface area (TPSA) is 58.2 Å². The highest BCUT2D eigenvalue weighted by atomic mass is 19.1. The summed E-state index contributed by atoms with van der Waals surface area (Å²) in [6, 6.07) is 6.11. The van der Waals surface area contributed by atoms with E-state index < -0.39 is 0 Å². The zero-order valence-corrected chi connectivity index (χ0v) is 12.1.